The number of aromatic nitrogens is 3. The maximum atomic E-state index is 13.2. The molecule has 1 aliphatic heterocycles. The van der Waals surface area contributed by atoms with Gasteiger partial charge in [-0.25, -0.2) is 9.67 Å². The third-order valence-corrected chi connectivity index (χ3v) is 5.62. The number of hydrogen-bond acceptors (Lipinski definition) is 5. The van der Waals surface area contributed by atoms with E-state index in [2.05, 4.69) is 5.10 Å². The topological polar surface area (TPSA) is 105 Å². The highest BCUT2D eigenvalue weighted by atomic mass is 16.3. The number of carbonyl (C=O) groups is 3. The summed E-state index contributed by atoms with van der Waals surface area (Å²) in [5, 5.41) is 11.5. The fraction of sp³-hybridized carbons (Fsp3) is 0.450. The fourth-order valence-corrected chi connectivity index (χ4v) is 4.02. The molecule has 2 aliphatic carbocycles. The number of hydrogen-bond donors (Lipinski definition) is 1. The van der Waals surface area contributed by atoms with Gasteiger partial charge in [-0.3, -0.25) is 14.4 Å². The van der Waals surface area contributed by atoms with Gasteiger partial charge in [0.15, 0.2) is 11.6 Å². The van der Waals surface area contributed by atoms with E-state index >= 15 is 0 Å². The van der Waals surface area contributed by atoms with Gasteiger partial charge in [-0.05, 0) is 37.8 Å². The molecule has 2 heterocycles. The predicted molar refractivity (Wildman–Crippen MR) is 99.2 cm³/mol. The Kier molecular flexibility index (Phi) is 4.70. The molecule has 1 amide bonds. The van der Waals surface area contributed by atoms with Gasteiger partial charge in [-0.15, -0.1) is 0 Å². The highest BCUT2D eigenvalue weighted by Crippen LogP contribution is 2.39. The van der Waals surface area contributed by atoms with Crippen LogP contribution in [0.4, 0.5) is 0 Å². The minimum Gasteiger partial charge on any atom is -0.483 e. The van der Waals surface area contributed by atoms with Crippen molar-refractivity contribution in [2.24, 2.45) is 0 Å². The number of nitrogens with zero attached hydrogens (tertiary/aromatic N) is 4. The summed E-state index contributed by atoms with van der Waals surface area (Å²) in [5.74, 6) is 2.47. The van der Waals surface area contributed by atoms with Crippen LogP contribution in [0.15, 0.2) is 18.2 Å². The van der Waals surface area contributed by atoms with E-state index < -0.39 is 0 Å². The van der Waals surface area contributed by atoms with Gasteiger partial charge in [-0.1, -0.05) is 12.1 Å². The van der Waals surface area contributed by atoms with Crippen molar-refractivity contribution in [3.8, 4) is 0 Å². The number of benzene rings is 1. The lowest BCUT2D eigenvalue weighted by atomic mass is 10.0. The Morgan fingerprint density at radius 3 is 2.71 bits per heavy atom. The third kappa shape index (κ3) is 3.08. The van der Waals surface area contributed by atoms with Crippen molar-refractivity contribution in [3.63, 3.8) is 0 Å². The molecule has 1 N–H and O–H groups in total. The van der Waals surface area contributed by atoms with E-state index in [9.17, 15) is 9.59 Å². The normalized spacial score (nSPS) is 20.1. The molecule has 0 saturated heterocycles. The minimum atomic E-state index is -0.250. The number of fused-ring (bicyclic) bond motifs is 2. The molecule has 1 atom stereocenters. The Hall–Kier alpha value is -3.03. The molecule has 28 heavy (non-hydrogen) atoms. The largest absolute Gasteiger partial charge is 0.483 e. The molecule has 0 spiro atoms. The molecular formula is C20H22N4O4. The molecule has 3 aliphatic rings. The number of Topliss-reactive ketones (excluding diaryl/α,β-unsaturated/α-hetero) is 1. The summed E-state index contributed by atoms with van der Waals surface area (Å²) in [5.41, 5.74) is 2.30. The van der Waals surface area contributed by atoms with Crippen molar-refractivity contribution in [2.45, 2.75) is 51.1 Å². The third-order valence-electron chi connectivity index (χ3n) is 5.62. The molecule has 1 aromatic carbocycles. The highest BCUT2D eigenvalue weighted by Gasteiger charge is 2.36. The molecule has 0 unspecified atom stereocenters. The van der Waals surface area contributed by atoms with Crippen molar-refractivity contribution < 1.29 is 19.5 Å². The van der Waals surface area contributed by atoms with Crippen LogP contribution in [0.3, 0.4) is 0 Å². The molecule has 0 bridgehead atoms. The molecular weight excluding hydrogens is 360 g/mol. The first-order valence-corrected chi connectivity index (χ1v) is 9.53. The van der Waals surface area contributed by atoms with E-state index in [1.165, 1.54) is 12.8 Å². The monoisotopic (exact) mass is 382 g/mol. The van der Waals surface area contributed by atoms with Crippen LogP contribution in [0, 0.1) is 0 Å². The van der Waals surface area contributed by atoms with Crippen LogP contribution in [0.25, 0.3) is 0 Å². The number of ketones is 1. The fourth-order valence-electron chi connectivity index (χ4n) is 4.02. The molecule has 2 aromatic rings. The Bertz CT molecular complexity index is 948. The van der Waals surface area contributed by atoms with E-state index in [1.54, 1.807) is 0 Å². The molecule has 8 heteroatoms. The second kappa shape index (κ2) is 7.18. The highest BCUT2D eigenvalue weighted by molar-refractivity contribution is 6.05. The number of rotatable bonds is 2. The summed E-state index contributed by atoms with van der Waals surface area (Å²) in [4.78, 5) is 40.1. The summed E-state index contributed by atoms with van der Waals surface area (Å²) in [7, 11) is 0. The lowest BCUT2D eigenvalue weighted by Gasteiger charge is -2.33. The number of amides is 1. The van der Waals surface area contributed by atoms with Crippen LogP contribution in [-0.2, 0) is 17.8 Å². The van der Waals surface area contributed by atoms with Gasteiger partial charge in [-0.2, -0.15) is 5.10 Å². The van der Waals surface area contributed by atoms with Crippen LogP contribution in [-0.4, -0.2) is 49.5 Å². The van der Waals surface area contributed by atoms with Gasteiger partial charge in [0.1, 0.15) is 5.82 Å². The maximum absolute atomic E-state index is 13.2. The van der Waals surface area contributed by atoms with Crippen molar-refractivity contribution in [3.05, 3.63) is 46.5 Å². The average molecular weight is 382 g/mol. The van der Waals surface area contributed by atoms with Crippen molar-refractivity contribution in [1.82, 2.24) is 19.7 Å². The summed E-state index contributed by atoms with van der Waals surface area (Å²) in [6.45, 7) is 3.07. The quantitative estimate of drug-likeness (QED) is 0.799. The van der Waals surface area contributed by atoms with Gasteiger partial charge < -0.3 is 10.0 Å². The van der Waals surface area contributed by atoms with Crippen molar-refractivity contribution >= 4 is 18.2 Å². The molecule has 1 aromatic heterocycles. The summed E-state index contributed by atoms with van der Waals surface area (Å²) < 4.78 is 1.96. The zero-order valence-electron chi connectivity index (χ0n) is 15.7. The zero-order valence-corrected chi connectivity index (χ0v) is 15.7. The Balaban J connectivity index is 0.000000604. The lowest BCUT2D eigenvalue weighted by Crippen LogP contribution is -2.41. The molecule has 5 rings (SSSR count). The van der Waals surface area contributed by atoms with E-state index in [1.807, 2.05) is 34.7 Å². The van der Waals surface area contributed by atoms with Crippen LogP contribution < -0.4 is 0 Å². The predicted octanol–water partition coefficient (Wildman–Crippen LogP) is 2.20. The van der Waals surface area contributed by atoms with E-state index in [0.717, 1.165) is 22.8 Å². The molecule has 1 fully saturated rings. The van der Waals surface area contributed by atoms with Crippen LogP contribution in [0.1, 0.15) is 76.1 Å². The van der Waals surface area contributed by atoms with Gasteiger partial charge in [0, 0.05) is 30.0 Å². The van der Waals surface area contributed by atoms with Crippen molar-refractivity contribution in [1.29, 1.82) is 0 Å². The van der Waals surface area contributed by atoms with Gasteiger partial charge in [0.05, 0.1) is 12.6 Å². The molecule has 0 radical (unpaired) electrons. The van der Waals surface area contributed by atoms with Crippen LogP contribution in [0.2, 0.25) is 0 Å². The summed E-state index contributed by atoms with van der Waals surface area (Å²) in [6.07, 6.45) is 3.52. The minimum absolute atomic E-state index is 0.00118. The second-order valence-corrected chi connectivity index (χ2v) is 7.36. The van der Waals surface area contributed by atoms with Crippen molar-refractivity contribution in [2.75, 3.05) is 6.54 Å². The van der Waals surface area contributed by atoms with Crippen LogP contribution in [0.5, 0.6) is 0 Å². The smallest absolute Gasteiger partial charge is 0.290 e. The zero-order chi connectivity index (χ0) is 19.8. The number of carboxylic acid groups (broad SMARTS) is 1. The van der Waals surface area contributed by atoms with Gasteiger partial charge >= 0.3 is 0 Å². The van der Waals surface area contributed by atoms with Gasteiger partial charge in [0.25, 0.3) is 12.4 Å². The first-order chi connectivity index (χ1) is 13.5. The summed E-state index contributed by atoms with van der Waals surface area (Å²) in [6, 6.07) is 5.40. The van der Waals surface area contributed by atoms with E-state index in [4.69, 9.17) is 14.9 Å². The van der Waals surface area contributed by atoms with Crippen LogP contribution >= 0.6 is 0 Å². The average Bonchev–Trinajstić information content (AvgIpc) is 3.34. The Morgan fingerprint density at radius 2 is 2.00 bits per heavy atom. The first-order valence-electron chi connectivity index (χ1n) is 9.53. The second-order valence-electron chi connectivity index (χ2n) is 7.36. The first kappa shape index (κ1) is 18.3. The lowest BCUT2D eigenvalue weighted by molar-refractivity contribution is -0.122. The number of carbonyl (C=O) groups excluding carboxylic acids is 2. The maximum Gasteiger partial charge on any atom is 0.290 e. The SMILES string of the molecule is C[C@@H]1c2nc(C3CC3)nn2CCN1C(=O)c1cccc2c1CCC2=O.O=CO. The molecule has 8 nitrogen and oxygen atoms in total. The Morgan fingerprint density at radius 1 is 1.25 bits per heavy atom. The standard InChI is InChI=1S/C19H20N4O2.CH2O2/c1-11-18-20-17(12-5-6-12)21-23(18)10-9-22(11)19(25)15-4-2-3-14-13(15)7-8-16(14)24;2-1-3/h2-4,11-12H,5-10H2,1H3;1H,(H,2,3)/t11-;/m1./s1. The van der Waals surface area contributed by atoms with Gasteiger partial charge in [0.2, 0.25) is 0 Å². The molecule has 1 saturated carbocycles. The Labute approximate surface area is 162 Å². The van der Waals surface area contributed by atoms with E-state index in [-0.39, 0.29) is 24.2 Å². The summed E-state index contributed by atoms with van der Waals surface area (Å²) >= 11 is 0. The molecule has 146 valence electrons. The van der Waals surface area contributed by atoms with E-state index in [0.29, 0.717) is 37.4 Å².